The second kappa shape index (κ2) is 9.25. The van der Waals surface area contributed by atoms with Crippen molar-refractivity contribution in [3.8, 4) is 11.1 Å². The van der Waals surface area contributed by atoms with Crippen LogP contribution in [0.2, 0.25) is 0 Å². The number of aryl methyl sites for hydroxylation is 2. The van der Waals surface area contributed by atoms with Crippen LogP contribution in [-0.4, -0.2) is 0 Å². The molecule has 232 valence electrons. The molecule has 4 aromatic rings. The van der Waals surface area contributed by atoms with Crippen LogP contribution in [0.1, 0.15) is 118 Å². The van der Waals surface area contributed by atoms with E-state index in [1.165, 1.54) is 81.8 Å². The zero-order chi connectivity index (χ0) is 31.9. The van der Waals surface area contributed by atoms with E-state index >= 15 is 0 Å². The summed E-state index contributed by atoms with van der Waals surface area (Å²) in [6.45, 7) is 19.4. The zero-order valence-electron chi connectivity index (χ0n) is 29.1. The molecule has 1 fully saturated rings. The van der Waals surface area contributed by atoms with E-state index in [0.29, 0.717) is 11.8 Å². The minimum absolute atomic E-state index is 0.0231. The minimum Gasteiger partial charge on any atom is -0.0681 e. The fourth-order valence-corrected chi connectivity index (χ4v) is 11.7. The normalized spacial score (nSPS) is 25.3. The summed E-state index contributed by atoms with van der Waals surface area (Å²) in [5.41, 5.74) is 20.8. The Morgan fingerprint density at radius 1 is 0.630 bits per heavy atom. The maximum absolute atomic E-state index is 2.73. The number of rotatable bonds is 1. The van der Waals surface area contributed by atoms with Crippen LogP contribution in [0.5, 0.6) is 0 Å². The Morgan fingerprint density at radius 2 is 1.35 bits per heavy atom. The maximum Gasteiger partial charge on any atom is 0.0473 e. The van der Waals surface area contributed by atoms with Crippen LogP contribution >= 0.6 is 0 Å². The van der Waals surface area contributed by atoms with Gasteiger partial charge in [0.15, 0.2) is 0 Å². The smallest absolute Gasteiger partial charge is 0.0473 e. The van der Waals surface area contributed by atoms with Crippen molar-refractivity contribution in [2.45, 2.75) is 104 Å². The standard InChI is InChI=1S/C46H48/c1-26-22-28(3)31-18-19-33-38-37(21-20-34-41(38)45(7,8)42-32-16-12-13-17-36(32)44(5,6)43(34)42)46(40(33)35(31)24-26)25-27(2)23-29(4)39(46)30-14-10-9-11-15-30/h12-13,16-25,30,39H,9-11,14-15H2,1-8H3. The predicted molar refractivity (Wildman–Crippen MR) is 197 cm³/mol. The molecule has 0 nitrogen and oxygen atoms in total. The third kappa shape index (κ3) is 3.36. The molecule has 0 N–H and O–H groups in total. The van der Waals surface area contributed by atoms with Crippen LogP contribution in [0.25, 0.3) is 33.0 Å². The monoisotopic (exact) mass is 600 g/mol. The lowest BCUT2D eigenvalue weighted by atomic mass is 9.56. The highest BCUT2D eigenvalue weighted by molar-refractivity contribution is 6.12. The third-order valence-electron chi connectivity index (χ3n) is 13.1. The molecule has 46 heavy (non-hydrogen) atoms. The Hall–Kier alpha value is -3.64. The van der Waals surface area contributed by atoms with Crippen LogP contribution < -0.4 is 0 Å². The highest BCUT2D eigenvalue weighted by atomic mass is 14.6. The van der Waals surface area contributed by atoms with Crippen molar-refractivity contribution in [2.24, 2.45) is 11.8 Å². The summed E-state index contributed by atoms with van der Waals surface area (Å²) >= 11 is 0. The Labute approximate surface area is 276 Å². The van der Waals surface area contributed by atoms with Crippen LogP contribution in [0.15, 0.2) is 84.0 Å². The van der Waals surface area contributed by atoms with Crippen molar-refractivity contribution >= 4 is 21.9 Å². The Morgan fingerprint density at radius 3 is 2.13 bits per heavy atom. The van der Waals surface area contributed by atoms with Gasteiger partial charge in [0, 0.05) is 16.2 Å². The van der Waals surface area contributed by atoms with Gasteiger partial charge in [-0.25, -0.2) is 0 Å². The molecule has 0 saturated heterocycles. The Bertz CT molecular complexity index is 2120. The molecule has 2 unspecified atom stereocenters. The van der Waals surface area contributed by atoms with Gasteiger partial charge in [-0.1, -0.05) is 136 Å². The average molecular weight is 601 g/mol. The van der Waals surface area contributed by atoms with Crippen LogP contribution in [0.3, 0.4) is 0 Å². The number of allylic oxidation sites excluding steroid dienone is 6. The second-order valence-electron chi connectivity index (χ2n) is 16.6. The molecule has 4 aromatic carbocycles. The molecule has 2 atom stereocenters. The Balaban J connectivity index is 1.42. The van der Waals surface area contributed by atoms with Gasteiger partial charge in [0.05, 0.1) is 0 Å². The van der Waals surface area contributed by atoms with Gasteiger partial charge < -0.3 is 0 Å². The molecular weight excluding hydrogens is 553 g/mol. The fourth-order valence-electron chi connectivity index (χ4n) is 11.7. The largest absolute Gasteiger partial charge is 0.0681 e. The van der Waals surface area contributed by atoms with Gasteiger partial charge in [0.1, 0.15) is 0 Å². The summed E-state index contributed by atoms with van der Waals surface area (Å²) < 4.78 is 0. The number of hydrogen-bond acceptors (Lipinski definition) is 0. The minimum atomic E-state index is -0.166. The molecule has 5 aliphatic carbocycles. The van der Waals surface area contributed by atoms with Crippen molar-refractivity contribution < 1.29 is 0 Å². The molecule has 1 spiro atoms. The molecule has 9 rings (SSSR count). The average Bonchev–Trinajstić information content (AvgIpc) is 3.53. The SMILES string of the molecule is CC1=CC2(c3ccc4c(c3-c3ccc5c(C)cc(C)cc5c32)C(C)(C)C2=C4C(C)(C)c3ccccc32)C(C2CCCCC2)C(C)=C1. The summed E-state index contributed by atoms with van der Waals surface area (Å²) in [6, 6.07) is 24.3. The maximum atomic E-state index is 2.73. The highest BCUT2D eigenvalue weighted by Crippen LogP contribution is 2.69. The predicted octanol–water partition coefficient (Wildman–Crippen LogP) is 12.3. The van der Waals surface area contributed by atoms with E-state index in [0.717, 1.165) is 0 Å². The molecule has 0 aliphatic heterocycles. The summed E-state index contributed by atoms with van der Waals surface area (Å²) in [4.78, 5) is 0. The lowest BCUT2D eigenvalue weighted by molar-refractivity contribution is 0.227. The molecule has 0 amide bonds. The fraction of sp³-hybridized carbons (Fsp3) is 0.391. The van der Waals surface area contributed by atoms with Crippen LogP contribution in [0.4, 0.5) is 0 Å². The molecule has 0 bridgehead atoms. The summed E-state index contributed by atoms with van der Waals surface area (Å²) in [5, 5.41) is 2.89. The van der Waals surface area contributed by atoms with Crippen molar-refractivity contribution in [1.82, 2.24) is 0 Å². The van der Waals surface area contributed by atoms with E-state index in [1.54, 1.807) is 39.0 Å². The topological polar surface area (TPSA) is 0 Å². The van der Waals surface area contributed by atoms with Gasteiger partial charge in [-0.15, -0.1) is 0 Å². The number of hydrogen-bond donors (Lipinski definition) is 0. The van der Waals surface area contributed by atoms with Gasteiger partial charge in [0.2, 0.25) is 0 Å². The van der Waals surface area contributed by atoms with Crippen molar-refractivity contribution in [2.75, 3.05) is 0 Å². The first-order chi connectivity index (χ1) is 22.0. The van der Waals surface area contributed by atoms with Gasteiger partial charge in [-0.3, -0.25) is 0 Å². The first-order valence-corrected chi connectivity index (χ1v) is 17.9. The van der Waals surface area contributed by atoms with E-state index in [9.17, 15) is 0 Å². The van der Waals surface area contributed by atoms with Crippen molar-refractivity contribution in [1.29, 1.82) is 0 Å². The second-order valence-corrected chi connectivity index (χ2v) is 16.6. The summed E-state index contributed by atoms with van der Waals surface area (Å²) in [7, 11) is 0. The van der Waals surface area contributed by atoms with Gasteiger partial charge in [-0.2, -0.15) is 0 Å². The molecular formula is C46H48. The zero-order valence-corrected chi connectivity index (χ0v) is 29.1. The molecule has 0 aromatic heterocycles. The van der Waals surface area contributed by atoms with Crippen molar-refractivity contribution in [3.05, 3.63) is 128 Å². The molecule has 1 saturated carbocycles. The van der Waals surface area contributed by atoms with Gasteiger partial charge in [-0.05, 0) is 124 Å². The highest BCUT2D eigenvalue weighted by Gasteiger charge is 2.57. The molecule has 5 aliphatic rings. The first kappa shape index (κ1) is 28.6. The molecule has 0 heteroatoms. The Kier molecular flexibility index (Phi) is 5.74. The quantitative estimate of drug-likeness (QED) is 0.204. The number of fused-ring (bicyclic) bond motifs is 12. The van der Waals surface area contributed by atoms with E-state index < -0.39 is 0 Å². The van der Waals surface area contributed by atoms with Crippen molar-refractivity contribution in [3.63, 3.8) is 0 Å². The molecule has 0 heterocycles. The van der Waals surface area contributed by atoms with Crippen LogP contribution in [0, 0.1) is 25.7 Å². The van der Waals surface area contributed by atoms with E-state index in [4.69, 9.17) is 0 Å². The first-order valence-electron chi connectivity index (χ1n) is 17.9. The van der Waals surface area contributed by atoms with E-state index in [-0.39, 0.29) is 16.2 Å². The lowest BCUT2D eigenvalue weighted by Crippen LogP contribution is -2.41. The summed E-state index contributed by atoms with van der Waals surface area (Å²) in [5.74, 6) is 1.17. The van der Waals surface area contributed by atoms with Crippen LogP contribution in [-0.2, 0) is 16.2 Å². The van der Waals surface area contributed by atoms with Gasteiger partial charge >= 0.3 is 0 Å². The lowest BCUT2D eigenvalue weighted by Gasteiger charge is -2.47. The van der Waals surface area contributed by atoms with Gasteiger partial charge in [0.25, 0.3) is 0 Å². The van der Waals surface area contributed by atoms with E-state index in [1.807, 2.05) is 0 Å². The van der Waals surface area contributed by atoms with E-state index in [2.05, 4.69) is 128 Å². The molecule has 0 radical (unpaired) electrons. The summed E-state index contributed by atoms with van der Waals surface area (Å²) in [6.07, 6.45) is 12.1. The number of benzene rings is 4. The third-order valence-corrected chi connectivity index (χ3v) is 13.1.